The van der Waals surface area contributed by atoms with Gasteiger partial charge in [0, 0.05) is 30.6 Å². The molecule has 1 aromatic carbocycles. The molecule has 0 aliphatic rings. The van der Waals surface area contributed by atoms with Crippen molar-refractivity contribution in [1.82, 2.24) is 10.0 Å². The molecule has 146 valence electrons. The van der Waals surface area contributed by atoms with Gasteiger partial charge >= 0.3 is 0 Å². The Morgan fingerprint density at radius 2 is 1.96 bits per heavy atom. The van der Waals surface area contributed by atoms with Crippen LogP contribution in [0.25, 0.3) is 11.1 Å². The molecule has 10 heteroatoms. The summed E-state index contributed by atoms with van der Waals surface area (Å²) in [5.74, 6) is -1.06. The van der Waals surface area contributed by atoms with Gasteiger partial charge in [0.15, 0.2) is 14.6 Å². The van der Waals surface area contributed by atoms with Gasteiger partial charge in [-0.05, 0) is 31.0 Å². The second kappa shape index (κ2) is 8.02. The average molecular weight is 433 g/mol. The van der Waals surface area contributed by atoms with Crippen LogP contribution in [0.3, 0.4) is 0 Å². The fourth-order valence-corrected chi connectivity index (χ4v) is 3.76. The van der Waals surface area contributed by atoms with E-state index in [0.29, 0.717) is 21.2 Å². The molecule has 0 saturated carbocycles. The highest BCUT2D eigenvalue weighted by Gasteiger charge is 2.43. The maximum atomic E-state index is 12.4. The minimum absolute atomic E-state index is 0.0423. The van der Waals surface area contributed by atoms with Gasteiger partial charge in [0.25, 0.3) is 11.5 Å². The molecule has 0 fully saturated rings. The molecule has 7 nitrogen and oxygen atoms in total. The van der Waals surface area contributed by atoms with Gasteiger partial charge in [-0.25, -0.2) is 13.9 Å². The fraction of sp³-hybridized carbons (Fsp3) is 0.294. The molecule has 2 aromatic rings. The first kappa shape index (κ1) is 21.4. The molecule has 1 amide bonds. The normalized spacial score (nSPS) is 13.8. The van der Waals surface area contributed by atoms with Crippen molar-refractivity contribution in [3.05, 3.63) is 56.9 Å². The smallest absolute Gasteiger partial charge is 0.264 e. The quantitative estimate of drug-likeness (QED) is 0.538. The molecule has 2 N–H and O–H groups in total. The number of hydrogen-bond acceptors (Lipinski definition) is 5. The standard InChI is InChI=1S/C17H18Cl2N2O5S/c1-17(16(23)20-24,27(2,25)26)7-9-21-8-6-11(10-14(21)22)12-4-3-5-13(18)15(12)19/h3-6,8,10,24H,7,9H2,1-2H3,(H,20,23)/t17-/m1/s1. The molecule has 1 aromatic heterocycles. The average Bonchev–Trinajstić information content (AvgIpc) is 2.61. The number of nitrogens with one attached hydrogen (secondary N) is 1. The van der Waals surface area contributed by atoms with Crippen molar-refractivity contribution in [2.24, 2.45) is 0 Å². The number of rotatable bonds is 6. The summed E-state index contributed by atoms with van der Waals surface area (Å²) in [6.07, 6.45) is 2.18. The van der Waals surface area contributed by atoms with Crippen LogP contribution in [0.4, 0.5) is 0 Å². The first-order valence-corrected chi connectivity index (χ1v) is 10.4. The van der Waals surface area contributed by atoms with Crippen LogP contribution in [-0.4, -0.2) is 35.1 Å². The Labute approximate surface area is 166 Å². The Balaban J connectivity index is 2.33. The Hall–Kier alpha value is -1.87. The molecular formula is C17H18Cl2N2O5S. The topological polar surface area (TPSA) is 105 Å². The number of aryl methyl sites for hydroxylation is 1. The molecule has 0 saturated heterocycles. The molecule has 0 aliphatic heterocycles. The van der Waals surface area contributed by atoms with Crippen molar-refractivity contribution in [3.8, 4) is 11.1 Å². The Kier molecular flexibility index (Phi) is 6.36. The van der Waals surface area contributed by atoms with E-state index in [4.69, 9.17) is 28.4 Å². The lowest BCUT2D eigenvalue weighted by Gasteiger charge is -2.25. The molecule has 0 radical (unpaired) electrons. The number of sulfone groups is 1. The number of benzene rings is 1. The molecule has 0 aliphatic carbocycles. The Morgan fingerprint density at radius 1 is 1.30 bits per heavy atom. The van der Waals surface area contributed by atoms with Crippen molar-refractivity contribution in [2.75, 3.05) is 6.26 Å². The number of nitrogens with zero attached hydrogens (tertiary/aromatic N) is 1. The highest BCUT2D eigenvalue weighted by Crippen LogP contribution is 2.32. The van der Waals surface area contributed by atoms with E-state index in [1.54, 1.807) is 24.3 Å². The van der Waals surface area contributed by atoms with Crippen LogP contribution >= 0.6 is 23.2 Å². The number of halogens is 2. The molecule has 0 spiro atoms. The molecule has 27 heavy (non-hydrogen) atoms. The summed E-state index contributed by atoms with van der Waals surface area (Å²) in [5.41, 5.74) is 2.12. The van der Waals surface area contributed by atoms with Crippen LogP contribution in [0.5, 0.6) is 0 Å². The minimum Gasteiger partial charge on any atom is -0.315 e. The minimum atomic E-state index is -3.84. The van der Waals surface area contributed by atoms with E-state index in [1.807, 2.05) is 0 Å². The third kappa shape index (κ3) is 4.35. The number of hydroxylamine groups is 1. The first-order chi connectivity index (χ1) is 12.5. The van der Waals surface area contributed by atoms with E-state index in [1.165, 1.54) is 29.2 Å². The van der Waals surface area contributed by atoms with Gasteiger partial charge in [-0.15, -0.1) is 0 Å². The summed E-state index contributed by atoms with van der Waals surface area (Å²) in [4.78, 5) is 24.2. The van der Waals surface area contributed by atoms with E-state index in [2.05, 4.69) is 0 Å². The summed E-state index contributed by atoms with van der Waals surface area (Å²) in [7, 11) is -3.84. The molecular weight excluding hydrogens is 415 g/mol. The second-order valence-electron chi connectivity index (χ2n) is 6.24. The van der Waals surface area contributed by atoms with E-state index in [-0.39, 0.29) is 13.0 Å². The van der Waals surface area contributed by atoms with Gasteiger partial charge in [0.05, 0.1) is 10.0 Å². The van der Waals surface area contributed by atoms with Crippen LogP contribution in [0.15, 0.2) is 41.3 Å². The number of carbonyl (C=O) groups is 1. The summed E-state index contributed by atoms with van der Waals surface area (Å²) in [6, 6.07) is 8.05. The van der Waals surface area contributed by atoms with Crippen molar-refractivity contribution in [3.63, 3.8) is 0 Å². The van der Waals surface area contributed by atoms with Crippen LogP contribution < -0.4 is 11.0 Å². The highest BCUT2D eigenvalue weighted by molar-refractivity contribution is 7.92. The largest absolute Gasteiger partial charge is 0.315 e. The van der Waals surface area contributed by atoms with E-state index >= 15 is 0 Å². The van der Waals surface area contributed by atoms with E-state index < -0.39 is 26.1 Å². The lowest BCUT2D eigenvalue weighted by molar-refractivity contribution is -0.131. The second-order valence-corrected chi connectivity index (χ2v) is 9.47. The van der Waals surface area contributed by atoms with Gasteiger partial charge in [0.2, 0.25) is 0 Å². The molecule has 2 rings (SSSR count). The Bertz CT molecular complexity index is 1040. The van der Waals surface area contributed by atoms with E-state index in [9.17, 15) is 18.0 Å². The summed E-state index contributed by atoms with van der Waals surface area (Å²) in [6.45, 7) is 1.15. The Morgan fingerprint density at radius 3 is 2.52 bits per heavy atom. The van der Waals surface area contributed by atoms with Gasteiger partial charge in [-0.1, -0.05) is 35.3 Å². The number of pyridine rings is 1. The number of carbonyl (C=O) groups excluding carboxylic acids is 1. The maximum Gasteiger partial charge on any atom is 0.264 e. The fourth-order valence-electron chi connectivity index (χ4n) is 2.51. The van der Waals surface area contributed by atoms with E-state index in [0.717, 1.165) is 6.26 Å². The van der Waals surface area contributed by atoms with Gasteiger partial charge in [0.1, 0.15) is 0 Å². The molecule has 0 bridgehead atoms. The zero-order chi connectivity index (χ0) is 20.4. The van der Waals surface area contributed by atoms with Gasteiger partial charge < -0.3 is 4.57 Å². The zero-order valence-corrected chi connectivity index (χ0v) is 16.9. The van der Waals surface area contributed by atoms with Crippen LogP contribution in [0.2, 0.25) is 10.0 Å². The zero-order valence-electron chi connectivity index (χ0n) is 14.6. The van der Waals surface area contributed by atoms with Crippen molar-refractivity contribution >= 4 is 38.9 Å². The predicted molar refractivity (Wildman–Crippen MR) is 104 cm³/mol. The lowest BCUT2D eigenvalue weighted by atomic mass is 10.1. The lowest BCUT2D eigenvalue weighted by Crippen LogP contribution is -2.49. The van der Waals surface area contributed by atoms with Crippen molar-refractivity contribution in [1.29, 1.82) is 0 Å². The van der Waals surface area contributed by atoms with Crippen LogP contribution in [0.1, 0.15) is 13.3 Å². The SMILES string of the molecule is C[C@@](CCn1ccc(-c2cccc(Cl)c2Cl)cc1=O)(C(=O)NO)S(C)(=O)=O. The van der Waals surface area contributed by atoms with Gasteiger partial charge in [-0.2, -0.15) is 0 Å². The van der Waals surface area contributed by atoms with Crippen LogP contribution in [-0.2, 0) is 21.2 Å². The van der Waals surface area contributed by atoms with Crippen LogP contribution in [0, 0.1) is 0 Å². The third-order valence-electron chi connectivity index (χ3n) is 4.49. The van der Waals surface area contributed by atoms with Gasteiger partial charge in [-0.3, -0.25) is 14.8 Å². The summed E-state index contributed by atoms with van der Waals surface area (Å²) < 4.78 is 23.4. The monoisotopic (exact) mass is 432 g/mol. The highest BCUT2D eigenvalue weighted by atomic mass is 35.5. The molecule has 0 unspecified atom stereocenters. The summed E-state index contributed by atoms with van der Waals surface area (Å²) in [5, 5.41) is 9.52. The number of hydrogen-bond donors (Lipinski definition) is 2. The number of aromatic nitrogens is 1. The first-order valence-electron chi connectivity index (χ1n) is 7.80. The maximum absolute atomic E-state index is 12.4. The predicted octanol–water partition coefficient (Wildman–Crippen LogP) is 2.52. The number of amides is 1. The summed E-state index contributed by atoms with van der Waals surface area (Å²) >= 11 is 12.2. The molecule has 1 atom stereocenters. The van der Waals surface area contributed by atoms with Crippen molar-refractivity contribution in [2.45, 2.75) is 24.6 Å². The van der Waals surface area contributed by atoms with Crippen molar-refractivity contribution < 1.29 is 18.4 Å². The molecule has 1 heterocycles. The third-order valence-corrected chi connectivity index (χ3v) is 7.33.